The first-order valence-corrected chi connectivity index (χ1v) is 9.59. The molecule has 0 saturated heterocycles. The topological polar surface area (TPSA) is 40.0 Å². The van der Waals surface area contributed by atoms with Crippen molar-refractivity contribution in [3.05, 3.63) is 32.7 Å². The van der Waals surface area contributed by atoms with Crippen molar-refractivity contribution in [1.82, 2.24) is 0 Å². The Morgan fingerprint density at radius 1 is 1.19 bits per heavy atom. The molecule has 1 unspecified atom stereocenters. The third-order valence-corrected chi connectivity index (χ3v) is 3.75. The van der Waals surface area contributed by atoms with E-state index in [0.29, 0.717) is 28.0 Å². The van der Waals surface area contributed by atoms with Gasteiger partial charge in [0.1, 0.15) is 22.4 Å². The Kier molecular flexibility index (Phi) is 9.94. The van der Waals surface area contributed by atoms with Gasteiger partial charge in [-0.3, -0.25) is 0 Å². The molecule has 0 heterocycles. The van der Waals surface area contributed by atoms with E-state index in [0.717, 1.165) is 6.42 Å². The van der Waals surface area contributed by atoms with Crippen molar-refractivity contribution >= 4 is 52.6 Å². The van der Waals surface area contributed by atoms with E-state index in [1.807, 2.05) is 27.7 Å². The number of nitrogens with zero attached hydrogens (tertiary/aromatic N) is 1. The lowest BCUT2D eigenvalue weighted by atomic mass is 10.2. The van der Waals surface area contributed by atoms with E-state index in [-0.39, 0.29) is 22.8 Å². The van der Waals surface area contributed by atoms with E-state index in [2.05, 4.69) is 5.16 Å². The normalized spacial score (nSPS) is 12.8. The fourth-order valence-corrected chi connectivity index (χ4v) is 2.43. The number of halogens is 4. The van der Waals surface area contributed by atoms with E-state index >= 15 is 0 Å². The second kappa shape index (κ2) is 11.1. The average Bonchev–Trinajstić information content (AvgIpc) is 2.49. The Labute approximate surface area is 175 Å². The number of hydrogen-bond donors (Lipinski definition) is 0. The molecule has 0 bridgehead atoms. The van der Waals surface area contributed by atoms with Crippen molar-refractivity contribution < 1.29 is 14.3 Å². The van der Waals surface area contributed by atoms with Gasteiger partial charge in [-0.2, -0.15) is 0 Å². The van der Waals surface area contributed by atoms with E-state index in [1.54, 1.807) is 18.3 Å². The van der Waals surface area contributed by atoms with Gasteiger partial charge >= 0.3 is 0 Å². The largest absolute Gasteiger partial charge is 0.489 e. The lowest BCUT2D eigenvalue weighted by Crippen LogP contribution is -2.16. The summed E-state index contributed by atoms with van der Waals surface area (Å²) in [5.41, 5.74) is -0.297. The zero-order valence-electron chi connectivity index (χ0n) is 15.2. The van der Waals surface area contributed by atoms with Crippen LogP contribution in [0, 0.1) is 0 Å². The van der Waals surface area contributed by atoms with Crippen LogP contribution in [-0.4, -0.2) is 24.5 Å². The monoisotopic (exact) mass is 441 g/mol. The molecule has 0 saturated carbocycles. The minimum absolute atomic E-state index is 0.101. The van der Waals surface area contributed by atoms with Gasteiger partial charge in [0, 0.05) is 18.3 Å². The molecule has 1 aromatic carbocycles. The van der Waals surface area contributed by atoms with Crippen molar-refractivity contribution in [2.24, 2.45) is 5.16 Å². The Hall–Kier alpha value is -0.810. The molecule has 1 rings (SSSR count). The Morgan fingerprint density at radius 2 is 1.81 bits per heavy atom. The fraction of sp³-hybridized carbons (Fsp3) is 0.500. The molecule has 8 heteroatoms. The van der Waals surface area contributed by atoms with E-state index in [9.17, 15) is 0 Å². The zero-order valence-corrected chi connectivity index (χ0v) is 18.2. The van der Waals surface area contributed by atoms with Gasteiger partial charge in [0.2, 0.25) is 0 Å². The maximum absolute atomic E-state index is 6.25. The molecular formula is C18H23Cl4NO3. The molecule has 0 fully saturated rings. The summed E-state index contributed by atoms with van der Waals surface area (Å²) in [5.74, 6) is 0.916. The maximum atomic E-state index is 6.25. The van der Waals surface area contributed by atoms with E-state index < -0.39 is 0 Å². The summed E-state index contributed by atoms with van der Waals surface area (Å²) in [6.45, 7) is 7.96. The van der Waals surface area contributed by atoms with Crippen LogP contribution in [0.3, 0.4) is 0 Å². The lowest BCUT2D eigenvalue weighted by molar-refractivity contribution is 0.00151. The van der Waals surface area contributed by atoms with Gasteiger partial charge in [0.05, 0.1) is 16.1 Å². The first-order chi connectivity index (χ1) is 12.1. The molecule has 0 spiro atoms. The summed E-state index contributed by atoms with van der Waals surface area (Å²) < 4.78 is 11.4. The standard InChI is InChI=1S/C18H23Cl4NO3/c1-12(6-5-8-23-26-18(2,3)4)25-17-14(19)10-13(11-15(17)20)24-9-7-16(21)22/h7-8,10-12H,5-6,9H2,1-4H3/b23-8+. The van der Waals surface area contributed by atoms with Crippen LogP contribution in [0.25, 0.3) is 0 Å². The van der Waals surface area contributed by atoms with Gasteiger partial charge in [0.15, 0.2) is 5.75 Å². The van der Waals surface area contributed by atoms with Crippen molar-refractivity contribution in [3.8, 4) is 11.5 Å². The molecule has 1 aromatic rings. The van der Waals surface area contributed by atoms with Crippen LogP contribution < -0.4 is 9.47 Å². The zero-order chi connectivity index (χ0) is 19.7. The fourth-order valence-electron chi connectivity index (χ4n) is 1.75. The van der Waals surface area contributed by atoms with E-state index in [1.165, 1.54) is 6.08 Å². The number of oxime groups is 1. The van der Waals surface area contributed by atoms with Gasteiger partial charge in [-0.25, -0.2) is 0 Å². The van der Waals surface area contributed by atoms with Crippen LogP contribution in [0.15, 0.2) is 27.9 Å². The third-order valence-electron chi connectivity index (χ3n) is 2.88. The van der Waals surface area contributed by atoms with Crippen LogP contribution in [-0.2, 0) is 4.84 Å². The highest BCUT2D eigenvalue weighted by Gasteiger charge is 2.14. The highest BCUT2D eigenvalue weighted by molar-refractivity contribution is 6.55. The van der Waals surface area contributed by atoms with Gasteiger partial charge in [-0.15, -0.1) is 0 Å². The maximum Gasteiger partial charge on any atom is 0.157 e. The average molecular weight is 443 g/mol. The molecule has 0 aromatic heterocycles. The minimum atomic E-state index is -0.297. The SMILES string of the molecule is CC(CC/C=N/OC(C)(C)C)Oc1c(Cl)cc(OCC=C(Cl)Cl)cc1Cl. The summed E-state index contributed by atoms with van der Waals surface area (Å²) in [6.07, 6.45) is 4.58. The molecule has 1 atom stereocenters. The first-order valence-electron chi connectivity index (χ1n) is 8.08. The first kappa shape index (κ1) is 23.2. The summed E-state index contributed by atoms with van der Waals surface area (Å²) in [4.78, 5) is 5.28. The molecule has 26 heavy (non-hydrogen) atoms. The molecule has 0 aliphatic carbocycles. The second-order valence-corrected chi connectivity index (χ2v) is 8.34. The van der Waals surface area contributed by atoms with Gasteiger partial charge in [0.25, 0.3) is 0 Å². The molecule has 4 nitrogen and oxygen atoms in total. The number of ether oxygens (including phenoxy) is 2. The lowest BCUT2D eigenvalue weighted by Gasteiger charge is -2.17. The molecule has 0 aliphatic heterocycles. The Bertz CT molecular complexity index is 615. The van der Waals surface area contributed by atoms with Gasteiger partial charge < -0.3 is 14.3 Å². The highest BCUT2D eigenvalue weighted by Crippen LogP contribution is 2.37. The predicted molar refractivity (Wildman–Crippen MR) is 110 cm³/mol. The third kappa shape index (κ3) is 9.77. The van der Waals surface area contributed by atoms with Gasteiger partial charge in [-0.05, 0) is 46.6 Å². The van der Waals surface area contributed by atoms with Crippen LogP contribution in [0.1, 0.15) is 40.5 Å². The predicted octanol–water partition coefficient (Wildman–Crippen LogP) is 7.04. The van der Waals surface area contributed by atoms with Crippen LogP contribution in [0.4, 0.5) is 0 Å². The van der Waals surface area contributed by atoms with E-state index in [4.69, 9.17) is 60.7 Å². The molecule has 0 N–H and O–H groups in total. The quantitative estimate of drug-likeness (QED) is 0.304. The van der Waals surface area contributed by atoms with Crippen LogP contribution in [0.5, 0.6) is 11.5 Å². The van der Waals surface area contributed by atoms with Crippen molar-refractivity contribution in [2.45, 2.75) is 52.2 Å². The van der Waals surface area contributed by atoms with Crippen molar-refractivity contribution in [1.29, 1.82) is 0 Å². The Balaban J connectivity index is 2.56. The molecular weight excluding hydrogens is 420 g/mol. The molecule has 0 amide bonds. The molecule has 146 valence electrons. The number of benzene rings is 1. The minimum Gasteiger partial charge on any atom is -0.489 e. The number of rotatable bonds is 9. The molecule has 0 radical (unpaired) electrons. The van der Waals surface area contributed by atoms with Crippen LogP contribution >= 0.6 is 46.4 Å². The number of hydrogen-bond acceptors (Lipinski definition) is 4. The summed E-state index contributed by atoms with van der Waals surface area (Å²) in [7, 11) is 0. The summed E-state index contributed by atoms with van der Waals surface area (Å²) >= 11 is 23.6. The van der Waals surface area contributed by atoms with Gasteiger partial charge in [-0.1, -0.05) is 51.6 Å². The molecule has 0 aliphatic rings. The smallest absolute Gasteiger partial charge is 0.157 e. The highest BCUT2D eigenvalue weighted by atomic mass is 35.5. The van der Waals surface area contributed by atoms with Crippen molar-refractivity contribution in [2.75, 3.05) is 6.61 Å². The summed E-state index contributed by atoms with van der Waals surface area (Å²) in [5, 5.41) is 4.67. The second-order valence-electron chi connectivity index (χ2n) is 6.52. The Morgan fingerprint density at radius 3 is 2.35 bits per heavy atom. The van der Waals surface area contributed by atoms with Crippen LogP contribution in [0.2, 0.25) is 10.0 Å². The summed E-state index contributed by atoms with van der Waals surface area (Å²) in [6, 6.07) is 3.26. The van der Waals surface area contributed by atoms with Crippen molar-refractivity contribution in [3.63, 3.8) is 0 Å².